The smallest absolute Gasteiger partial charge is 0.126 e. The first-order valence-electron chi connectivity index (χ1n) is 3.52. The normalized spacial score (nSPS) is 7.83. The fraction of sp³-hybridized carbons (Fsp3) is 0.222. The summed E-state index contributed by atoms with van der Waals surface area (Å²) in [6.45, 7) is 3.06. The molecule has 0 fully saturated rings. The highest BCUT2D eigenvalue weighted by Gasteiger charge is 1.81. The lowest BCUT2D eigenvalue weighted by atomic mass is 10.3. The molecule has 0 aromatic heterocycles. The summed E-state index contributed by atoms with van der Waals surface area (Å²) >= 11 is 0. The number of hydrogen-bond acceptors (Lipinski definition) is 3. The maximum Gasteiger partial charge on any atom is 0.126 e. The molecular formula is C9H11NO2. The summed E-state index contributed by atoms with van der Waals surface area (Å²) in [4.78, 5) is 19.2. The van der Waals surface area contributed by atoms with E-state index in [1.807, 2.05) is 6.07 Å². The zero-order valence-corrected chi connectivity index (χ0v) is 7.15. The van der Waals surface area contributed by atoms with Crippen LogP contribution in [0.2, 0.25) is 0 Å². The van der Waals surface area contributed by atoms with Gasteiger partial charge in [-0.05, 0) is 31.2 Å². The fourth-order valence-electron chi connectivity index (χ4n) is 0.489. The summed E-state index contributed by atoms with van der Waals surface area (Å²) in [5.74, 6) is 0.167. The molecule has 0 radical (unpaired) electrons. The lowest BCUT2D eigenvalue weighted by Gasteiger charge is -1.80. The molecule has 0 bridgehead atoms. The molecule has 1 aromatic rings. The highest BCUT2D eigenvalue weighted by Crippen LogP contribution is 2.07. The van der Waals surface area contributed by atoms with Gasteiger partial charge in [0.05, 0.1) is 0 Å². The first-order chi connectivity index (χ1) is 5.66. The Morgan fingerprint density at radius 3 is 1.83 bits per heavy atom. The fourth-order valence-corrected chi connectivity index (χ4v) is 0.489. The number of ketones is 1. The van der Waals surface area contributed by atoms with E-state index in [1.54, 1.807) is 24.3 Å². The minimum atomic E-state index is 0.167. The summed E-state index contributed by atoms with van der Waals surface area (Å²) in [5, 5.41) is 2.72. The van der Waals surface area contributed by atoms with Crippen LogP contribution in [0.1, 0.15) is 13.8 Å². The quantitative estimate of drug-likeness (QED) is 0.600. The van der Waals surface area contributed by atoms with Crippen molar-refractivity contribution in [2.75, 3.05) is 0 Å². The number of hydrogen-bond donors (Lipinski definition) is 0. The van der Waals surface area contributed by atoms with Crippen LogP contribution >= 0.6 is 0 Å². The van der Waals surface area contributed by atoms with Gasteiger partial charge < -0.3 is 4.79 Å². The molecule has 0 atom stereocenters. The van der Waals surface area contributed by atoms with Crippen molar-refractivity contribution in [3.63, 3.8) is 0 Å². The second-order valence-electron chi connectivity index (χ2n) is 2.34. The van der Waals surface area contributed by atoms with Crippen molar-refractivity contribution in [1.82, 2.24) is 0 Å². The maximum absolute atomic E-state index is 9.76. The van der Waals surface area contributed by atoms with Crippen LogP contribution in [0.5, 0.6) is 0 Å². The molecular weight excluding hydrogens is 154 g/mol. The molecule has 1 rings (SSSR count). The molecule has 3 nitrogen and oxygen atoms in total. The number of benzene rings is 1. The van der Waals surface area contributed by atoms with Crippen molar-refractivity contribution in [2.45, 2.75) is 13.8 Å². The Balaban J connectivity index is 0.000000261. The highest BCUT2D eigenvalue weighted by molar-refractivity contribution is 5.72. The number of rotatable bonds is 1. The number of Topliss-reactive ketones (excluding diaryl/α,β-unsaturated/α-hetero) is 1. The SMILES string of the molecule is CC(C)=O.O=Nc1ccccc1. The summed E-state index contributed by atoms with van der Waals surface area (Å²) in [7, 11) is 0. The van der Waals surface area contributed by atoms with Crippen LogP contribution in [0, 0.1) is 4.91 Å². The molecule has 0 N–H and O–H groups in total. The van der Waals surface area contributed by atoms with Gasteiger partial charge in [-0.2, -0.15) is 0 Å². The summed E-state index contributed by atoms with van der Waals surface area (Å²) in [6.07, 6.45) is 0. The van der Waals surface area contributed by atoms with E-state index in [1.165, 1.54) is 13.8 Å². The van der Waals surface area contributed by atoms with E-state index in [2.05, 4.69) is 5.18 Å². The Labute approximate surface area is 71.4 Å². The molecule has 0 aliphatic carbocycles. The lowest BCUT2D eigenvalue weighted by molar-refractivity contribution is -0.114. The minimum absolute atomic E-state index is 0.167. The summed E-state index contributed by atoms with van der Waals surface area (Å²) in [6, 6.07) is 8.71. The third-order valence-electron chi connectivity index (χ3n) is 0.862. The maximum atomic E-state index is 9.76. The van der Waals surface area contributed by atoms with Crippen molar-refractivity contribution in [3.8, 4) is 0 Å². The Morgan fingerprint density at radius 1 is 1.17 bits per heavy atom. The topological polar surface area (TPSA) is 46.5 Å². The van der Waals surface area contributed by atoms with Crippen LogP contribution < -0.4 is 0 Å². The molecule has 0 aliphatic rings. The predicted octanol–water partition coefficient (Wildman–Crippen LogP) is 2.68. The van der Waals surface area contributed by atoms with Crippen LogP contribution in [0.15, 0.2) is 35.5 Å². The second kappa shape index (κ2) is 6.22. The van der Waals surface area contributed by atoms with E-state index in [9.17, 15) is 9.70 Å². The summed E-state index contributed by atoms with van der Waals surface area (Å²) < 4.78 is 0. The van der Waals surface area contributed by atoms with Crippen LogP contribution in [0.3, 0.4) is 0 Å². The third-order valence-corrected chi connectivity index (χ3v) is 0.862. The number of carbonyl (C=O) groups excluding carboxylic acids is 1. The minimum Gasteiger partial charge on any atom is -0.300 e. The molecule has 64 valence electrons. The largest absolute Gasteiger partial charge is 0.300 e. The lowest BCUT2D eigenvalue weighted by Crippen LogP contribution is -1.69. The standard InChI is InChI=1S/C6H5NO.C3H6O/c8-7-6-4-2-1-3-5-6;1-3(2)4/h1-5H;1-2H3. The van der Waals surface area contributed by atoms with E-state index in [4.69, 9.17) is 0 Å². The van der Waals surface area contributed by atoms with Crippen LogP contribution in [0.4, 0.5) is 5.69 Å². The molecule has 0 unspecified atom stereocenters. The zero-order valence-electron chi connectivity index (χ0n) is 7.15. The van der Waals surface area contributed by atoms with Crippen molar-refractivity contribution >= 4 is 11.5 Å². The van der Waals surface area contributed by atoms with E-state index in [-0.39, 0.29) is 5.78 Å². The Kier molecular flexibility index (Phi) is 5.43. The molecule has 12 heavy (non-hydrogen) atoms. The molecule has 1 aromatic carbocycles. The molecule has 0 heterocycles. The Bertz CT molecular complexity index is 240. The molecule has 0 saturated carbocycles. The number of nitrogens with zero attached hydrogens (tertiary/aromatic N) is 1. The van der Waals surface area contributed by atoms with Crippen LogP contribution in [0.25, 0.3) is 0 Å². The molecule has 3 heteroatoms. The van der Waals surface area contributed by atoms with Gasteiger partial charge >= 0.3 is 0 Å². The van der Waals surface area contributed by atoms with Gasteiger partial charge in [0.1, 0.15) is 11.5 Å². The second-order valence-corrected chi connectivity index (χ2v) is 2.34. The van der Waals surface area contributed by atoms with Gasteiger partial charge in [-0.1, -0.05) is 18.2 Å². The average Bonchev–Trinajstić information content (AvgIpc) is 2.05. The first-order valence-corrected chi connectivity index (χ1v) is 3.52. The monoisotopic (exact) mass is 165 g/mol. The third kappa shape index (κ3) is 6.61. The Morgan fingerprint density at radius 2 is 1.58 bits per heavy atom. The zero-order chi connectivity index (χ0) is 9.40. The average molecular weight is 165 g/mol. The van der Waals surface area contributed by atoms with E-state index in [0.717, 1.165) is 0 Å². The van der Waals surface area contributed by atoms with Gasteiger partial charge in [0.25, 0.3) is 0 Å². The van der Waals surface area contributed by atoms with Gasteiger partial charge in [0, 0.05) is 0 Å². The van der Waals surface area contributed by atoms with Gasteiger partial charge in [-0.25, -0.2) is 0 Å². The summed E-state index contributed by atoms with van der Waals surface area (Å²) in [5.41, 5.74) is 0.479. The van der Waals surface area contributed by atoms with E-state index in [0.29, 0.717) is 5.69 Å². The molecule has 0 saturated heterocycles. The highest BCUT2D eigenvalue weighted by atomic mass is 16.3. The van der Waals surface area contributed by atoms with E-state index >= 15 is 0 Å². The molecule has 0 aliphatic heterocycles. The first kappa shape index (κ1) is 10.5. The molecule has 0 amide bonds. The van der Waals surface area contributed by atoms with Gasteiger partial charge in [0.15, 0.2) is 0 Å². The van der Waals surface area contributed by atoms with E-state index < -0.39 is 0 Å². The van der Waals surface area contributed by atoms with Crippen molar-refractivity contribution in [1.29, 1.82) is 0 Å². The van der Waals surface area contributed by atoms with Crippen LogP contribution in [-0.2, 0) is 4.79 Å². The number of nitroso groups, excluding NO2 is 1. The Hall–Kier alpha value is -1.51. The van der Waals surface area contributed by atoms with Gasteiger partial charge in [-0.3, -0.25) is 0 Å². The predicted molar refractivity (Wildman–Crippen MR) is 48.3 cm³/mol. The number of carbonyl (C=O) groups is 1. The van der Waals surface area contributed by atoms with Crippen LogP contribution in [-0.4, -0.2) is 5.78 Å². The van der Waals surface area contributed by atoms with Gasteiger partial charge in [0.2, 0.25) is 0 Å². The molecule has 0 spiro atoms. The van der Waals surface area contributed by atoms with Gasteiger partial charge in [-0.15, -0.1) is 4.91 Å². The van der Waals surface area contributed by atoms with Crippen molar-refractivity contribution in [3.05, 3.63) is 35.2 Å². The van der Waals surface area contributed by atoms with Crippen molar-refractivity contribution in [2.24, 2.45) is 5.18 Å². The van der Waals surface area contributed by atoms with Crippen molar-refractivity contribution < 1.29 is 4.79 Å².